The van der Waals surface area contributed by atoms with Crippen LogP contribution in [0.1, 0.15) is 24.2 Å². The quantitative estimate of drug-likeness (QED) is 0.481. The van der Waals surface area contributed by atoms with E-state index in [1.807, 2.05) is 36.7 Å². The number of amides is 1. The van der Waals surface area contributed by atoms with Crippen molar-refractivity contribution in [3.05, 3.63) is 65.7 Å². The van der Waals surface area contributed by atoms with Crippen LogP contribution in [0.15, 0.2) is 55.1 Å². The van der Waals surface area contributed by atoms with E-state index >= 15 is 0 Å². The van der Waals surface area contributed by atoms with Crippen molar-refractivity contribution in [2.24, 2.45) is 5.92 Å². The van der Waals surface area contributed by atoms with Gasteiger partial charge in [0, 0.05) is 18.0 Å². The zero-order chi connectivity index (χ0) is 22.2. The molecule has 0 aliphatic heterocycles. The van der Waals surface area contributed by atoms with E-state index in [0.29, 0.717) is 59.2 Å². The molecule has 0 saturated heterocycles. The van der Waals surface area contributed by atoms with Gasteiger partial charge < -0.3 is 24.1 Å². The van der Waals surface area contributed by atoms with Gasteiger partial charge in [0.1, 0.15) is 12.4 Å². The van der Waals surface area contributed by atoms with Crippen molar-refractivity contribution in [2.45, 2.75) is 20.4 Å². The van der Waals surface area contributed by atoms with Crippen LogP contribution in [-0.2, 0) is 6.54 Å². The van der Waals surface area contributed by atoms with E-state index < -0.39 is 0 Å². The molecule has 0 radical (unpaired) electrons. The molecular formula is C23H26ClN3O4. The molecule has 0 aliphatic carbocycles. The van der Waals surface area contributed by atoms with Gasteiger partial charge in [-0.3, -0.25) is 4.79 Å². The number of benzene rings is 2. The molecule has 1 N–H and O–H groups in total. The van der Waals surface area contributed by atoms with Crippen LogP contribution in [0.3, 0.4) is 0 Å². The summed E-state index contributed by atoms with van der Waals surface area (Å²) >= 11 is 6.38. The number of hydrogen-bond donors (Lipinski definition) is 1. The zero-order valence-corrected chi connectivity index (χ0v) is 18.6. The van der Waals surface area contributed by atoms with Crippen LogP contribution < -0.4 is 19.5 Å². The third kappa shape index (κ3) is 6.15. The monoisotopic (exact) mass is 443 g/mol. The second kappa shape index (κ2) is 10.7. The molecule has 8 heteroatoms. The van der Waals surface area contributed by atoms with Crippen LogP contribution in [0, 0.1) is 5.92 Å². The number of nitrogens with one attached hydrogen (secondary N) is 1. The first-order chi connectivity index (χ1) is 15.0. The number of methoxy groups -OCH3 is 1. The van der Waals surface area contributed by atoms with Crippen LogP contribution in [0.25, 0.3) is 0 Å². The van der Waals surface area contributed by atoms with Crippen LogP contribution in [0.2, 0.25) is 5.02 Å². The first-order valence-corrected chi connectivity index (χ1v) is 10.3. The molecule has 3 aromatic rings. The Morgan fingerprint density at radius 2 is 2.00 bits per heavy atom. The molecule has 0 saturated carbocycles. The summed E-state index contributed by atoms with van der Waals surface area (Å²) in [6.45, 7) is 5.65. The molecule has 0 unspecified atom stereocenters. The fourth-order valence-corrected chi connectivity index (χ4v) is 3.08. The van der Waals surface area contributed by atoms with Gasteiger partial charge in [-0.2, -0.15) is 0 Å². The highest BCUT2D eigenvalue weighted by molar-refractivity contribution is 6.32. The largest absolute Gasteiger partial charge is 0.493 e. The lowest BCUT2D eigenvalue weighted by molar-refractivity contribution is 0.102. The fraction of sp³-hybridized carbons (Fsp3) is 0.304. The minimum atomic E-state index is -0.332. The Hall–Kier alpha value is -3.19. The topological polar surface area (TPSA) is 74.6 Å². The number of halogens is 1. The lowest BCUT2D eigenvalue weighted by atomic mass is 10.1. The van der Waals surface area contributed by atoms with E-state index in [4.69, 9.17) is 25.8 Å². The molecule has 3 rings (SSSR count). The summed E-state index contributed by atoms with van der Waals surface area (Å²) in [6.07, 6.45) is 5.30. The number of imidazole rings is 1. The number of hydrogen-bond acceptors (Lipinski definition) is 5. The second-order valence-corrected chi connectivity index (χ2v) is 7.70. The summed E-state index contributed by atoms with van der Waals surface area (Å²) in [5.41, 5.74) is 0.917. The fourth-order valence-electron chi connectivity index (χ4n) is 2.81. The standard InChI is InChI=1S/C23H26ClN3O4/c1-16(2)14-31-22-18(24)12-17(13-21(22)29-3)23(28)26-19-6-4-5-7-20(19)30-11-10-27-9-8-25-15-27/h4-9,12-13,15-16H,10-11,14H2,1-3H3,(H,26,28). The maximum absolute atomic E-state index is 12.9. The molecule has 31 heavy (non-hydrogen) atoms. The average Bonchev–Trinajstić information content (AvgIpc) is 3.27. The number of nitrogens with zero attached hydrogens (tertiary/aromatic N) is 2. The normalized spacial score (nSPS) is 10.7. The molecule has 164 valence electrons. The van der Waals surface area contributed by atoms with Crippen molar-refractivity contribution in [2.75, 3.05) is 25.6 Å². The summed E-state index contributed by atoms with van der Waals surface area (Å²) < 4.78 is 18.9. The minimum absolute atomic E-state index is 0.315. The van der Waals surface area contributed by atoms with Gasteiger partial charge in [-0.15, -0.1) is 0 Å². The Kier molecular flexibility index (Phi) is 7.78. The first kappa shape index (κ1) is 22.5. The lowest BCUT2D eigenvalue weighted by Crippen LogP contribution is -2.14. The summed E-state index contributed by atoms with van der Waals surface area (Å²) in [5.74, 6) is 1.40. The molecule has 2 aromatic carbocycles. The number of ether oxygens (including phenoxy) is 3. The van der Waals surface area contributed by atoms with Crippen molar-refractivity contribution in [3.8, 4) is 17.2 Å². The van der Waals surface area contributed by atoms with Gasteiger partial charge in [0.15, 0.2) is 11.5 Å². The van der Waals surface area contributed by atoms with Gasteiger partial charge in [0.2, 0.25) is 0 Å². The van der Waals surface area contributed by atoms with Crippen LogP contribution in [0.5, 0.6) is 17.2 Å². The number of anilines is 1. The van der Waals surface area contributed by atoms with Crippen molar-refractivity contribution in [1.82, 2.24) is 9.55 Å². The van der Waals surface area contributed by atoms with E-state index in [0.717, 1.165) is 0 Å². The Bertz CT molecular complexity index is 1010. The second-order valence-electron chi connectivity index (χ2n) is 7.29. The summed E-state index contributed by atoms with van der Waals surface area (Å²) in [5, 5.41) is 3.20. The van der Waals surface area contributed by atoms with Crippen molar-refractivity contribution in [3.63, 3.8) is 0 Å². The summed E-state index contributed by atoms with van der Waals surface area (Å²) in [7, 11) is 1.51. The van der Waals surface area contributed by atoms with Gasteiger partial charge in [-0.05, 0) is 30.2 Å². The summed E-state index contributed by atoms with van der Waals surface area (Å²) in [4.78, 5) is 16.9. The highest BCUT2D eigenvalue weighted by Gasteiger charge is 2.17. The van der Waals surface area contributed by atoms with Gasteiger partial charge in [0.05, 0.1) is 37.3 Å². The van der Waals surface area contributed by atoms with Crippen LogP contribution >= 0.6 is 11.6 Å². The van der Waals surface area contributed by atoms with E-state index in [1.165, 1.54) is 7.11 Å². The smallest absolute Gasteiger partial charge is 0.255 e. The van der Waals surface area contributed by atoms with Crippen LogP contribution in [-0.4, -0.2) is 35.8 Å². The number of rotatable bonds is 10. The van der Waals surface area contributed by atoms with Crippen LogP contribution in [0.4, 0.5) is 5.69 Å². The molecule has 0 fully saturated rings. The highest BCUT2D eigenvalue weighted by atomic mass is 35.5. The third-order valence-electron chi connectivity index (χ3n) is 4.35. The molecule has 1 amide bonds. The average molecular weight is 444 g/mol. The number of carbonyl (C=O) groups excluding carboxylic acids is 1. The van der Waals surface area contributed by atoms with Gasteiger partial charge in [0.25, 0.3) is 5.91 Å². The summed E-state index contributed by atoms with van der Waals surface area (Å²) in [6, 6.07) is 10.4. The molecule has 1 aromatic heterocycles. The number of para-hydroxylation sites is 2. The number of carbonyl (C=O) groups is 1. The Morgan fingerprint density at radius 1 is 1.19 bits per heavy atom. The molecule has 1 heterocycles. The van der Waals surface area contributed by atoms with E-state index in [2.05, 4.69) is 10.3 Å². The zero-order valence-electron chi connectivity index (χ0n) is 17.8. The van der Waals surface area contributed by atoms with Gasteiger partial charge in [-0.1, -0.05) is 37.6 Å². The van der Waals surface area contributed by atoms with Gasteiger partial charge >= 0.3 is 0 Å². The number of aromatic nitrogens is 2. The molecule has 7 nitrogen and oxygen atoms in total. The minimum Gasteiger partial charge on any atom is -0.493 e. The predicted molar refractivity (Wildman–Crippen MR) is 120 cm³/mol. The van der Waals surface area contributed by atoms with Crippen molar-refractivity contribution in [1.29, 1.82) is 0 Å². The Labute approximate surface area is 186 Å². The SMILES string of the molecule is COc1cc(C(=O)Nc2ccccc2OCCn2ccnc2)cc(Cl)c1OCC(C)C. The van der Waals surface area contributed by atoms with E-state index in [9.17, 15) is 4.79 Å². The van der Waals surface area contributed by atoms with Gasteiger partial charge in [-0.25, -0.2) is 4.98 Å². The lowest BCUT2D eigenvalue weighted by Gasteiger charge is -2.16. The molecular weight excluding hydrogens is 418 g/mol. The van der Waals surface area contributed by atoms with E-state index in [1.54, 1.807) is 36.8 Å². The molecule has 0 atom stereocenters. The maximum atomic E-state index is 12.9. The van der Waals surface area contributed by atoms with E-state index in [-0.39, 0.29) is 5.91 Å². The highest BCUT2D eigenvalue weighted by Crippen LogP contribution is 2.37. The predicted octanol–water partition coefficient (Wildman–Crippen LogP) is 4.91. The third-order valence-corrected chi connectivity index (χ3v) is 4.63. The Balaban J connectivity index is 1.71. The Morgan fingerprint density at radius 3 is 2.71 bits per heavy atom. The molecule has 0 bridgehead atoms. The van der Waals surface area contributed by atoms with Crippen molar-refractivity contribution >= 4 is 23.2 Å². The first-order valence-electron chi connectivity index (χ1n) is 9.97. The molecule has 0 spiro atoms. The molecule has 0 aliphatic rings. The maximum Gasteiger partial charge on any atom is 0.255 e. The van der Waals surface area contributed by atoms with Crippen molar-refractivity contribution < 1.29 is 19.0 Å².